The number of carbonyl (C=O) groups excluding carboxylic acids is 1. The van der Waals surface area contributed by atoms with E-state index in [4.69, 9.17) is 26.7 Å². The number of hydrogen-bond acceptors (Lipinski definition) is 4. The number of nitrogens with one attached hydrogen (secondary N) is 3. The van der Waals surface area contributed by atoms with Gasteiger partial charge in [-0.15, -0.1) is 0 Å². The van der Waals surface area contributed by atoms with Crippen LogP contribution < -0.4 is 16.8 Å². The van der Waals surface area contributed by atoms with Gasteiger partial charge in [0.05, 0.1) is 0 Å². The Hall–Kier alpha value is -4.08. The van der Waals surface area contributed by atoms with E-state index in [2.05, 4.69) is 5.32 Å². The molecule has 0 aliphatic carbocycles. The molecular formula is C23H26FN7O2. The van der Waals surface area contributed by atoms with Gasteiger partial charge in [0, 0.05) is 37.4 Å². The van der Waals surface area contributed by atoms with Gasteiger partial charge < -0.3 is 31.0 Å². The first-order chi connectivity index (χ1) is 15.8. The van der Waals surface area contributed by atoms with Gasteiger partial charge in [0.25, 0.3) is 5.91 Å². The number of benzene rings is 1. The predicted molar refractivity (Wildman–Crippen MR) is 125 cm³/mol. The highest BCUT2D eigenvalue weighted by Gasteiger charge is 2.20. The first kappa shape index (κ1) is 22.1. The van der Waals surface area contributed by atoms with E-state index in [1.807, 2.05) is 12.2 Å². The van der Waals surface area contributed by atoms with Crippen LogP contribution in [0.4, 0.5) is 10.1 Å². The molecule has 1 amide bonds. The highest BCUT2D eigenvalue weighted by molar-refractivity contribution is 6.02. The molecule has 172 valence electrons. The Morgan fingerprint density at radius 3 is 2.15 bits per heavy atom. The topological polar surface area (TPSA) is 148 Å². The van der Waals surface area contributed by atoms with Crippen LogP contribution in [-0.2, 0) is 0 Å². The molecule has 7 N–H and O–H groups in total. The Morgan fingerprint density at radius 1 is 0.970 bits per heavy atom. The number of nitrogens with zero attached hydrogens (tertiary/aromatic N) is 2. The van der Waals surface area contributed by atoms with E-state index in [-0.39, 0.29) is 17.7 Å². The lowest BCUT2D eigenvalue weighted by Gasteiger charge is -2.26. The number of furan rings is 1. The minimum Gasteiger partial charge on any atom is -0.451 e. The highest BCUT2D eigenvalue weighted by Crippen LogP contribution is 2.28. The SMILES string of the molecule is N=C(N)N1CC=C(c2ccc(C(=O)Nc3ccc(C4=CCN(C(=N)N)CC4)c(F)c3)o2)CC1. The fourth-order valence-corrected chi connectivity index (χ4v) is 3.92. The normalized spacial score (nSPS) is 16.2. The van der Waals surface area contributed by atoms with Crippen LogP contribution in [0.1, 0.15) is 34.7 Å². The molecular weight excluding hydrogens is 425 g/mol. The van der Waals surface area contributed by atoms with E-state index in [1.54, 1.807) is 34.1 Å². The Bertz CT molecular complexity index is 1170. The van der Waals surface area contributed by atoms with Gasteiger partial charge in [-0.3, -0.25) is 15.6 Å². The largest absolute Gasteiger partial charge is 0.451 e. The molecule has 0 radical (unpaired) electrons. The van der Waals surface area contributed by atoms with E-state index in [0.29, 0.717) is 56.0 Å². The van der Waals surface area contributed by atoms with Crippen molar-refractivity contribution >= 4 is 34.7 Å². The summed E-state index contributed by atoms with van der Waals surface area (Å²) < 4.78 is 20.5. The van der Waals surface area contributed by atoms with Gasteiger partial charge in [0.1, 0.15) is 11.6 Å². The van der Waals surface area contributed by atoms with Crippen LogP contribution in [-0.4, -0.2) is 53.8 Å². The molecule has 0 saturated carbocycles. The third kappa shape index (κ3) is 4.89. The Labute approximate surface area is 190 Å². The summed E-state index contributed by atoms with van der Waals surface area (Å²) in [7, 11) is 0. The van der Waals surface area contributed by atoms with Gasteiger partial charge in [0.15, 0.2) is 17.7 Å². The van der Waals surface area contributed by atoms with Crippen LogP contribution in [0.3, 0.4) is 0 Å². The second-order valence-corrected chi connectivity index (χ2v) is 7.93. The monoisotopic (exact) mass is 451 g/mol. The van der Waals surface area contributed by atoms with Crippen molar-refractivity contribution in [2.75, 3.05) is 31.5 Å². The molecule has 0 unspecified atom stereocenters. The Morgan fingerprint density at radius 2 is 1.61 bits per heavy atom. The molecule has 2 aliphatic heterocycles. The van der Waals surface area contributed by atoms with Gasteiger partial charge >= 0.3 is 0 Å². The number of carbonyl (C=O) groups is 1. The first-order valence-corrected chi connectivity index (χ1v) is 10.6. The average molecular weight is 452 g/mol. The predicted octanol–water partition coefficient (Wildman–Crippen LogP) is 2.64. The summed E-state index contributed by atoms with van der Waals surface area (Å²) >= 11 is 0. The van der Waals surface area contributed by atoms with E-state index in [9.17, 15) is 9.18 Å². The van der Waals surface area contributed by atoms with E-state index < -0.39 is 11.7 Å². The second-order valence-electron chi connectivity index (χ2n) is 7.93. The van der Waals surface area contributed by atoms with E-state index >= 15 is 0 Å². The fraction of sp³-hybridized carbons (Fsp3) is 0.261. The highest BCUT2D eigenvalue weighted by atomic mass is 19.1. The van der Waals surface area contributed by atoms with Crippen molar-refractivity contribution in [2.24, 2.45) is 11.5 Å². The summed E-state index contributed by atoms with van der Waals surface area (Å²) in [5, 5.41) is 17.6. The fourth-order valence-electron chi connectivity index (χ4n) is 3.92. The van der Waals surface area contributed by atoms with Crippen LogP contribution in [0.5, 0.6) is 0 Å². The van der Waals surface area contributed by atoms with Crippen LogP contribution in [0.25, 0.3) is 11.1 Å². The first-order valence-electron chi connectivity index (χ1n) is 10.6. The average Bonchev–Trinajstić information content (AvgIpc) is 3.30. The quantitative estimate of drug-likeness (QED) is 0.356. The van der Waals surface area contributed by atoms with Crippen molar-refractivity contribution in [2.45, 2.75) is 12.8 Å². The van der Waals surface area contributed by atoms with Gasteiger partial charge in [-0.1, -0.05) is 12.2 Å². The molecule has 1 aromatic carbocycles. The van der Waals surface area contributed by atoms with Gasteiger partial charge in [0.2, 0.25) is 0 Å². The second kappa shape index (κ2) is 9.19. The molecule has 2 aliphatic rings. The maximum Gasteiger partial charge on any atom is 0.291 e. The van der Waals surface area contributed by atoms with Crippen LogP contribution >= 0.6 is 0 Å². The number of nitrogens with two attached hydrogens (primary N) is 2. The Kier molecular flexibility index (Phi) is 6.16. The maximum atomic E-state index is 14.7. The lowest BCUT2D eigenvalue weighted by atomic mass is 9.98. The number of guanidine groups is 2. The molecule has 0 bridgehead atoms. The van der Waals surface area contributed by atoms with E-state index in [1.165, 1.54) is 6.07 Å². The molecule has 4 rings (SSSR count). The maximum absolute atomic E-state index is 14.7. The summed E-state index contributed by atoms with van der Waals surface area (Å²) in [6.45, 7) is 2.15. The standard InChI is InChI=1S/C23H26FN7O2/c24-18-13-16(1-2-17(18)14-5-9-30(10-6-14)22(25)26)29-21(32)20-4-3-19(33-20)15-7-11-31(12-8-15)23(27)28/h1-5,7,13H,6,8-12H2,(H3,25,26)(H3,27,28)(H,29,32). The summed E-state index contributed by atoms with van der Waals surface area (Å²) in [6.07, 6.45) is 5.02. The van der Waals surface area contributed by atoms with Gasteiger partial charge in [-0.2, -0.15) is 0 Å². The third-order valence-electron chi connectivity index (χ3n) is 5.82. The summed E-state index contributed by atoms with van der Waals surface area (Å²) in [4.78, 5) is 16.0. The number of halogens is 1. The number of hydrogen-bond donors (Lipinski definition) is 5. The lowest BCUT2D eigenvalue weighted by molar-refractivity contribution is 0.0996. The molecule has 0 atom stereocenters. The molecule has 2 aromatic rings. The van der Waals surface area contributed by atoms with Gasteiger partial charge in [-0.05, 0) is 54.3 Å². The van der Waals surface area contributed by atoms with E-state index in [0.717, 1.165) is 11.1 Å². The lowest BCUT2D eigenvalue weighted by Crippen LogP contribution is -2.39. The van der Waals surface area contributed by atoms with Crippen molar-refractivity contribution in [3.8, 4) is 0 Å². The molecule has 0 saturated heterocycles. The molecule has 33 heavy (non-hydrogen) atoms. The molecule has 1 aromatic heterocycles. The van der Waals surface area contributed by atoms with Crippen molar-refractivity contribution in [3.63, 3.8) is 0 Å². The zero-order chi connectivity index (χ0) is 23.5. The van der Waals surface area contributed by atoms with Crippen LogP contribution in [0.15, 0.2) is 46.9 Å². The zero-order valence-electron chi connectivity index (χ0n) is 18.0. The molecule has 0 fully saturated rings. The van der Waals surface area contributed by atoms with Crippen molar-refractivity contribution < 1.29 is 13.6 Å². The van der Waals surface area contributed by atoms with Crippen LogP contribution in [0.2, 0.25) is 0 Å². The van der Waals surface area contributed by atoms with Crippen LogP contribution in [0, 0.1) is 16.6 Å². The minimum absolute atomic E-state index is 0.00252. The summed E-state index contributed by atoms with van der Waals surface area (Å²) in [5.74, 6) is -0.150. The van der Waals surface area contributed by atoms with Crippen molar-refractivity contribution in [1.29, 1.82) is 10.8 Å². The van der Waals surface area contributed by atoms with Gasteiger partial charge in [-0.25, -0.2) is 4.39 Å². The minimum atomic E-state index is -0.468. The molecule has 9 nitrogen and oxygen atoms in total. The third-order valence-corrected chi connectivity index (χ3v) is 5.82. The Balaban J connectivity index is 1.41. The number of rotatable bonds is 4. The molecule has 0 spiro atoms. The summed E-state index contributed by atoms with van der Waals surface area (Å²) in [5.41, 5.74) is 13.6. The number of amides is 1. The smallest absolute Gasteiger partial charge is 0.291 e. The number of anilines is 1. The van der Waals surface area contributed by atoms with Crippen molar-refractivity contribution in [1.82, 2.24) is 9.80 Å². The van der Waals surface area contributed by atoms with Crippen molar-refractivity contribution in [3.05, 3.63) is 65.4 Å². The molecule has 10 heteroatoms. The molecule has 3 heterocycles. The zero-order valence-corrected chi connectivity index (χ0v) is 18.0. The summed E-state index contributed by atoms with van der Waals surface area (Å²) in [6, 6.07) is 7.89.